The lowest BCUT2D eigenvalue weighted by molar-refractivity contribution is -0.143. The van der Waals surface area contributed by atoms with Gasteiger partial charge in [-0.15, -0.1) is 11.3 Å². The lowest BCUT2D eigenvalue weighted by Gasteiger charge is -2.26. The number of likely N-dealkylation sites (tertiary alicyclic amines) is 1. The van der Waals surface area contributed by atoms with E-state index < -0.39 is 12.1 Å². The number of carbonyl (C=O) groups excluding carboxylic acids is 3. The summed E-state index contributed by atoms with van der Waals surface area (Å²) in [5.74, 6) is -0.450. The fourth-order valence-electron chi connectivity index (χ4n) is 3.35. The number of carbonyl (C=O) groups is 3. The average molecular weight is 447 g/mol. The molecule has 2 N–H and O–H groups in total. The van der Waals surface area contributed by atoms with Gasteiger partial charge >= 0.3 is 0 Å². The number of rotatable bonds is 6. The van der Waals surface area contributed by atoms with Gasteiger partial charge in [0.25, 0.3) is 5.91 Å². The van der Waals surface area contributed by atoms with E-state index in [1.165, 1.54) is 11.8 Å². The van der Waals surface area contributed by atoms with Crippen molar-refractivity contribution in [1.29, 1.82) is 0 Å². The molecule has 1 aliphatic heterocycles. The topological polar surface area (TPSA) is 101 Å². The largest absolute Gasteiger partial charge is 0.379 e. The van der Waals surface area contributed by atoms with Gasteiger partial charge in [-0.2, -0.15) is 5.48 Å². The molecular formula is C22H30N4O4S. The number of nitrogens with zero attached hydrogens (tertiary/aromatic N) is 2. The number of benzene rings is 1. The molecule has 1 aromatic carbocycles. The van der Waals surface area contributed by atoms with Gasteiger partial charge in [-0.25, -0.2) is 4.98 Å². The molecule has 9 heteroatoms. The number of thiazole rings is 1. The summed E-state index contributed by atoms with van der Waals surface area (Å²) in [6, 6.07) is 6.06. The fraction of sp³-hybridized carbons (Fsp3) is 0.455. The Hall–Kier alpha value is -2.94. The Balaban J connectivity index is 0.00000166. The number of nitrogens with one attached hydrogen (secondary N) is 2. The Morgan fingerprint density at radius 1 is 1.23 bits per heavy atom. The molecule has 0 aliphatic carbocycles. The maximum atomic E-state index is 12.6. The Labute approximate surface area is 187 Å². The molecule has 2 atom stereocenters. The first-order valence-electron chi connectivity index (χ1n) is 10.4. The molecule has 2 heterocycles. The molecule has 0 radical (unpaired) electrons. The van der Waals surface area contributed by atoms with Crippen molar-refractivity contribution in [2.45, 2.75) is 59.5 Å². The van der Waals surface area contributed by atoms with E-state index in [1.54, 1.807) is 35.9 Å². The smallest absolute Gasteiger partial charge is 0.275 e. The Morgan fingerprint density at radius 3 is 2.48 bits per heavy atom. The Morgan fingerprint density at radius 2 is 1.90 bits per heavy atom. The third kappa shape index (κ3) is 6.27. The molecule has 1 fully saturated rings. The molecule has 2 unspecified atom stereocenters. The van der Waals surface area contributed by atoms with Gasteiger partial charge in [0.15, 0.2) is 5.75 Å². The third-order valence-corrected chi connectivity index (χ3v) is 5.74. The predicted octanol–water partition coefficient (Wildman–Crippen LogP) is 3.07. The molecule has 1 saturated heterocycles. The normalized spacial score (nSPS) is 16.0. The van der Waals surface area contributed by atoms with Crippen molar-refractivity contribution in [2.24, 2.45) is 0 Å². The van der Waals surface area contributed by atoms with E-state index >= 15 is 0 Å². The van der Waals surface area contributed by atoms with Crippen molar-refractivity contribution >= 4 is 29.1 Å². The van der Waals surface area contributed by atoms with Crippen molar-refractivity contribution in [2.75, 3.05) is 6.54 Å². The standard InChI is InChI=1S/C20H24N4O4S.C2H6/c1-12-18(29-11-21-12)15-6-8-16(9-7-15)28-23-19(26)17-5-4-10-24(17)20(27)13(2)22-14(3)25;1-2/h6-9,11,13,17H,4-5,10H2,1-3H3,(H,22,25)(H,23,26);1-2H3. The van der Waals surface area contributed by atoms with E-state index in [-0.39, 0.29) is 17.7 Å². The predicted molar refractivity (Wildman–Crippen MR) is 120 cm³/mol. The molecule has 0 saturated carbocycles. The minimum atomic E-state index is -0.676. The zero-order chi connectivity index (χ0) is 23.0. The lowest BCUT2D eigenvalue weighted by atomic mass is 10.1. The monoisotopic (exact) mass is 446 g/mol. The molecule has 3 rings (SSSR count). The van der Waals surface area contributed by atoms with Gasteiger partial charge in [0.1, 0.15) is 12.1 Å². The summed E-state index contributed by atoms with van der Waals surface area (Å²) in [5.41, 5.74) is 6.24. The summed E-state index contributed by atoms with van der Waals surface area (Å²) in [5, 5.41) is 2.56. The fourth-order valence-corrected chi connectivity index (χ4v) is 4.16. The molecule has 0 spiro atoms. The summed E-state index contributed by atoms with van der Waals surface area (Å²) in [6.07, 6.45) is 1.27. The van der Waals surface area contributed by atoms with Crippen LogP contribution in [0.3, 0.4) is 0 Å². The van der Waals surface area contributed by atoms with E-state index in [2.05, 4.69) is 15.8 Å². The summed E-state index contributed by atoms with van der Waals surface area (Å²) in [6.45, 7) is 9.40. The van der Waals surface area contributed by atoms with Crippen LogP contribution in [-0.2, 0) is 14.4 Å². The maximum Gasteiger partial charge on any atom is 0.275 e. The number of aromatic nitrogens is 1. The van der Waals surface area contributed by atoms with Crippen LogP contribution in [0.4, 0.5) is 0 Å². The van der Waals surface area contributed by atoms with Gasteiger partial charge in [0.05, 0.1) is 16.1 Å². The van der Waals surface area contributed by atoms with E-state index in [4.69, 9.17) is 4.84 Å². The molecule has 8 nitrogen and oxygen atoms in total. The Kier molecular flexibility index (Phi) is 8.99. The molecular weight excluding hydrogens is 416 g/mol. The van der Waals surface area contributed by atoms with Gasteiger partial charge in [0, 0.05) is 13.5 Å². The van der Waals surface area contributed by atoms with Crippen LogP contribution in [0.25, 0.3) is 10.4 Å². The minimum absolute atomic E-state index is 0.276. The van der Waals surface area contributed by atoms with Crippen LogP contribution in [0, 0.1) is 6.92 Å². The van der Waals surface area contributed by atoms with Crippen LogP contribution in [0.2, 0.25) is 0 Å². The quantitative estimate of drug-likeness (QED) is 0.664. The molecule has 1 aromatic heterocycles. The number of hydroxylamine groups is 1. The number of hydrogen-bond acceptors (Lipinski definition) is 6. The highest BCUT2D eigenvalue weighted by atomic mass is 32.1. The molecule has 3 amide bonds. The van der Waals surface area contributed by atoms with Crippen LogP contribution < -0.4 is 15.6 Å². The first-order valence-corrected chi connectivity index (χ1v) is 11.3. The Bertz CT molecular complexity index is 897. The van der Waals surface area contributed by atoms with Gasteiger partial charge in [-0.05, 0) is 56.5 Å². The summed E-state index contributed by atoms with van der Waals surface area (Å²) >= 11 is 1.57. The zero-order valence-electron chi connectivity index (χ0n) is 18.6. The highest BCUT2D eigenvalue weighted by Gasteiger charge is 2.36. The maximum absolute atomic E-state index is 12.6. The third-order valence-electron chi connectivity index (χ3n) is 4.76. The molecule has 168 valence electrons. The van der Waals surface area contributed by atoms with E-state index in [1.807, 2.05) is 32.9 Å². The first kappa shape index (κ1) is 24.3. The number of amides is 3. The van der Waals surface area contributed by atoms with Crippen molar-refractivity contribution in [3.63, 3.8) is 0 Å². The second-order valence-electron chi connectivity index (χ2n) is 6.97. The van der Waals surface area contributed by atoms with E-state index in [9.17, 15) is 14.4 Å². The number of aryl methyl sites for hydroxylation is 1. The molecule has 2 aromatic rings. The van der Waals surface area contributed by atoms with Crippen LogP contribution in [0.5, 0.6) is 5.75 Å². The second-order valence-corrected chi connectivity index (χ2v) is 7.83. The van der Waals surface area contributed by atoms with Gasteiger partial charge in [-0.3, -0.25) is 14.4 Å². The van der Waals surface area contributed by atoms with Crippen molar-refractivity contribution in [3.8, 4) is 16.2 Å². The summed E-state index contributed by atoms with van der Waals surface area (Å²) in [7, 11) is 0. The summed E-state index contributed by atoms with van der Waals surface area (Å²) in [4.78, 5) is 48.5. The molecule has 0 bridgehead atoms. The SMILES string of the molecule is CC.CC(=O)NC(C)C(=O)N1CCCC1C(=O)NOc1ccc(-c2scnc2C)cc1. The van der Waals surface area contributed by atoms with Crippen molar-refractivity contribution < 1.29 is 19.2 Å². The summed E-state index contributed by atoms with van der Waals surface area (Å²) < 4.78 is 0. The van der Waals surface area contributed by atoms with Crippen LogP contribution >= 0.6 is 11.3 Å². The van der Waals surface area contributed by atoms with Crippen molar-refractivity contribution in [3.05, 3.63) is 35.5 Å². The van der Waals surface area contributed by atoms with Crippen LogP contribution in [0.1, 0.15) is 46.2 Å². The molecule has 31 heavy (non-hydrogen) atoms. The van der Waals surface area contributed by atoms with Gasteiger partial charge < -0.3 is 15.1 Å². The van der Waals surface area contributed by atoms with E-state index in [0.717, 1.165) is 22.6 Å². The van der Waals surface area contributed by atoms with Crippen LogP contribution in [0.15, 0.2) is 29.8 Å². The molecule has 1 aliphatic rings. The highest BCUT2D eigenvalue weighted by molar-refractivity contribution is 7.13. The van der Waals surface area contributed by atoms with Gasteiger partial charge in [-0.1, -0.05) is 13.8 Å². The minimum Gasteiger partial charge on any atom is -0.379 e. The van der Waals surface area contributed by atoms with Crippen LogP contribution in [-0.4, -0.2) is 46.2 Å². The number of hydrogen-bond donors (Lipinski definition) is 2. The second kappa shape index (κ2) is 11.5. The lowest BCUT2D eigenvalue weighted by Crippen LogP contribution is -2.52. The average Bonchev–Trinajstić information content (AvgIpc) is 3.42. The van der Waals surface area contributed by atoms with Crippen molar-refractivity contribution in [1.82, 2.24) is 20.7 Å². The zero-order valence-corrected chi connectivity index (χ0v) is 19.4. The first-order chi connectivity index (χ1) is 14.9. The highest BCUT2D eigenvalue weighted by Crippen LogP contribution is 2.28. The van der Waals surface area contributed by atoms with Gasteiger partial charge in [0.2, 0.25) is 11.8 Å². The van der Waals surface area contributed by atoms with E-state index in [0.29, 0.717) is 18.7 Å².